The Labute approximate surface area is 328 Å². The number of rotatable bonds is 3. The molecule has 0 saturated carbocycles. The predicted octanol–water partition coefficient (Wildman–Crippen LogP) is 6.28. The largest absolute Gasteiger partial charge is 0.507 e. The van der Waals surface area contributed by atoms with Crippen LogP contribution in [0.25, 0.3) is 10.8 Å². The van der Waals surface area contributed by atoms with Crippen LogP contribution in [0.4, 0.5) is 11.4 Å². The predicted molar refractivity (Wildman–Crippen MR) is 213 cm³/mol. The lowest BCUT2D eigenvalue weighted by Crippen LogP contribution is -2.46. The zero-order chi connectivity index (χ0) is 41.4. The summed E-state index contributed by atoms with van der Waals surface area (Å²) in [7, 11) is 1.47. The number of piperidine rings is 1. The molecule has 10 atom stereocenters. The van der Waals surface area contributed by atoms with Crippen molar-refractivity contribution in [2.24, 2.45) is 29.6 Å². The summed E-state index contributed by atoms with van der Waals surface area (Å²) < 4.78 is 23.9. The summed E-state index contributed by atoms with van der Waals surface area (Å²) in [5.41, 5.74) is 1.21. The Hall–Kier alpha value is -4.59. The fourth-order valence-corrected chi connectivity index (χ4v) is 8.31. The van der Waals surface area contributed by atoms with E-state index >= 15 is 0 Å². The van der Waals surface area contributed by atoms with Crippen LogP contribution >= 0.6 is 0 Å². The molecule has 4 aliphatic heterocycles. The average Bonchev–Trinajstić information content (AvgIpc) is 3.42. The maximum atomic E-state index is 14.6. The van der Waals surface area contributed by atoms with E-state index in [-0.39, 0.29) is 44.7 Å². The first kappa shape index (κ1) is 42.6. The molecule has 1 fully saturated rings. The van der Waals surface area contributed by atoms with Crippen LogP contribution in [0.15, 0.2) is 42.2 Å². The smallest absolute Gasteiger partial charge is 0.312 e. The normalized spacial score (nSPS) is 34.0. The highest BCUT2D eigenvalue weighted by Gasteiger charge is 2.50. The quantitative estimate of drug-likeness (QED) is 0.174. The number of benzene rings is 2. The molecule has 4 aliphatic rings. The molecule has 13 nitrogen and oxygen atoms in total. The summed E-state index contributed by atoms with van der Waals surface area (Å²) in [6, 6.07) is 1.63. The number of phenolic OH excluding ortho intramolecular Hbond substituents is 2. The molecule has 306 valence electrons. The number of nitrogens with zero attached hydrogens (tertiary/aromatic N) is 1. The molecular weight excluding hydrogens is 720 g/mol. The molecule has 13 heteroatoms. The van der Waals surface area contributed by atoms with Gasteiger partial charge in [0.1, 0.15) is 17.6 Å². The van der Waals surface area contributed by atoms with Crippen LogP contribution in [0.2, 0.25) is 0 Å². The van der Waals surface area contributed by atoms with E-state index in [4.69, 9.17) is 18.9 Å². The molecule has 56 heavy (non-hydrogen) atoms. The van der Waals surface area contributed by atoms with Crippen molar-refractivity contribution in [3.05, 3.63) is 53.3 Å². The van der Waals surface area contributed by atoms with E-state index in [1.54, 1.807) is 71.9 Å². The van der Waals surface area contributed by atoms with Gasteiger partial charge in [0.05, 0.1) is 41.2 Å². The van der Waals surface area contributed by atoms with Crippen LogP contribution in [-0.4, -0.2) is 88.5 Å². The molecule has 1 amide bonds. The van der Waals surface area contributed by atoms with Crippen molar-refractivity contribution < 1.29 is 53.8 Å². The van der Waals surface area contributed by atoms with Crippen LogP contribution < -0.4 is 15.0 Å². The number of aliphatic hydroxyl groups excluding tert-OH is 2. The van der Waals surface area contributed by atoms with E-state index in [0.29, 0.717) is 24.7 Å². The zero-order valence-electron chi connectivity index (χ0n) is 34.1. The number of phenols is 2. The van der Waals surface area contributed by atoms with Crippen molar-refractivity contribution in [2.45, 2.75) is 105 Å². The zero-order valence-corrected chi connectivity index (χ0v) is 34.1. The maximum absolute atomic E-state index is 14.6. The number of fused-ring (bicyclic) bond motifs is 14. The highest BCUT2D eigenvalue weighted by atomic mass is 16.7. The van der Waals surface area contributed by atoms with E-state index in [1.807, 2.05) is 0 Å². The molecule has 0 spiro atoms. The lowest BCUT2D eigenvalue weighted by Gasteiger charge is -2.38. The summed E-state index contributed by atoms with van der Waals surface area (Å²) in [5, 5.41) is 49.4. The summed E-state index contributed by atoms with van der Waals surface area (Å²) in [6.07, 6.45) is 5.97. The van der Waals surface area contributed by atoms with Gasteiger partial charge >= 0.3 is 11.8 Å². The molecule has 5 N–H and O–H groups in total. The molecular formula is C43H58N2O11. The minimum Gasteiger partial charge on any atom is -0.507 e. The first-order valence-corrected chi connectivity index (χ1v) is 19.4. The van der Waals surface area contributed by atoms with Gasteiger partial charge in [0, 0.05) is 79.9 Å². The van der Waals surface area contributed by atoms with Crippen LogP contribution in [0.3, 0.4) is 0 Å². The Morgan fingerprint density at radius 2 is 1.68 bits per heavy atom. The van der Waals surface area contributed by atoms with Crippen LogP contribution in [0.1, 0.15) is 84.2 Å². The molecule has 1 unspecified atom stereocenters. The van der Waals surface area contributed by atoms with Crippen molar-refractivity contribution in [3.8, 4) is 17.2 Å². The van der Waals surface area contributed by atoms with Gasteiger partial charge in [-0.3, -0.25) is 14.4 Å². The number of aliphatic hydroxyl groups is 2. The van der Waals surface area contributed by atoms with Gasteiger partial charge in [-0.05, 0) is 44.7 Å². The minimum absolute atomic E-state index is 0.00183. The first-order valence-electron chi connectivity index (χ1n) is 19.4. The standard InChI is InChI=1S/C43H58N2O11/c1-21-13-12-17-45(20-21)30-19-29-38(50)33-32(30)34-40(27(7)37(33)49)56-43(9,41(34)51)54-18-16-31(53-10)24(4)39(55-28(8)46)26(6)36(48)25(5)35(47)22(2)14-11-15-23(3)42(52)44-29/h11,14-16,18-19,21-22,24-26,31,35-36,39,47-50H,12-13,17,20H2,1-10H3,(H,44,52)/b14-11+,18-16+,23-15-/t21?,22-,24+,25+,26-,31+,35+,36+,39+,43+/m1/s1. The summed E-state index contributed by atoms with van der Waals surface area (Å²) in [5.74, 6) is -6.13. The summed E-state index contributed by atoms with van der Waals surface area (Å²) in [4.78, 5) is 42.6. The molecule has 0 aliphatic carbocycles. The topological polar surface area (TPSA) is 184 Å². The van der Waals surface area contributed by atoms with Crippen LogP contribution in [0, 0.1) is 36.5 Å². The van der Waals surface area contributed by atoms with Crippen LogP contribution in [-0.2, 0) is 23.8 Å². The molecule has 0 aromatic heterocycles. The second-order valence-electron chi connectivity index (χ2n) is 16.1. The fraction of sp³-hybridized carbons (Fsp3) is 0.558. The Balaban J connectivity index is 1.70. The number of carbonyl (C=O) groups excluding carboxylic acids is 3. The van der Waals surface area contributed by atoms with Gasteiger partial charge in [-0.1, -0.05) is 52.8 Å². The Morgan fingerprint density at radius 1 is 0.982 bits per heavy atom. The molecule has 0 radical (unpaired) electrons. The SMILES string of the molecule is CO[C@H]1/C=C/O[C@@]2(C)Oc3c(C)c(O)c4c(O)c(cc(N5CCCC(C)C5)c4c3C2=O)NC(=O)/C(C)=C\C=C\[C@@H](C)[C@H](O)[C@H](C)[C@H](O)[C@@H](C)[C@@H](OC(C)=O)[C@H]1C. The van der Waals surface area contributed by atoms with E-state index in [0.717, 1.165) is 12.8 Å². The van der Waals surface area contributed by atoms with Crippen molar-refractivity contribution >= 4 is 39.8 Å². The number of anilines is 2. The van der Waals surface area contributed by atoms with E-state index in [2.05, 4.69) is 17.1 Å². The van der Waals surface area contributed by atoms with Gasteiger partial charge < -0.3 is 49.6 Å². The third-order valence-corrected chi connectivity index (χ3v) is 11.8. The number of carbonyl (C=O) groups is 3. The molecule has 5 bridgehead atoms. The molecule has 1 saturated heterocycles. The van der Waals surface area contributed by atoms with Gasteiger partial charge in [0.2, 0.25) is 0 Å². The van der Waals surface area contributed by atoms with Gasteiger partial charge in [-0.15, -0.1) is 0 Å². The van der Waals surface area contributed by atoms with Crippen molar-refractivity contribution in [1.82, 2.24) is 0 Å². The number of methoxy groups -OCH3 is 1. The Bertz CT molecular complexity index is 1940. The second kappa shape index (κ2) is 16.9. The maximum Gasteiger partial charge on any atom is 0.312 e. The number of nitrogens with one attached hydrogen (secondary N) is 1. The van der Waals surface area contributed by atoms with Crippen molar-refractivity contribution in [3.63, 3.8) is 0 Å². The van der Waals surface area contributed by atoms with Gasteiger partial charge in [0.25, 0.3) is 11.7 Å². The fourth-order valence-electron chi connectivity index (χ4n) is 8.31. The molecule has 4 heterocycles. The van der Waals surface area contributed by atoms with Crippen molar-refractivity contribution in [1.29, 1.82) is 0 Å². The third kappa shape index (κ3) is 8.12. The number of allylic oxidation sites excluding steroid dienone is 2. The minimum atomic E-state index is -1.90. The number of hydrogen-bond acceptors (Lipinski definition) is 12. The Morgan fingerprint density at radius 3 is 2.32 bits per heavy atom. The number of hydrogen-bond donors (Lipinski definition) is 5. The van der Waals surface area contributed by atoms with E-state index in [1.165, 1.54) is 27.2 Å². The average molecular weight is 779 g/mol. The number of amides is 1. The molecule has 6 rings (SSSR count). The number of Topliss-reactive ketones (excluding diaryl/α,β-unsaturated/α-hetero) is 1. The second-order valence-corrected chi connectivity index (χ2v) is 16.1. The highest BCUT2D eigenvalue weighted by molar-refractivity contribution is 6.23. The third-order valence-electron chi connectivity index (χ3n) is 11.8. The molecule has 2 aromatic rings. The van der Waals surface area contributed by atoms with Gasteiger partial charge in [0.15, 0.2) is 5.75 Å². The summed E-state index contributed by atoms with van der Waals surface area (Å²) >= 11 is 0. The van der Waals surface area contributed by atoms with Crippen LogP contribution in [0.5, 0.6) is 17.2 Å². The van der Waals surface area contributed by atoms with Gasteiger partial charge in [-0.2, -0.15) is 0 Å². The number of aromatic hydroxyl groups is 2. The monoisotopic (exact) mass is 778 g/mol. The van der Waals surface area contributed by atoms with E-state index < -0.39 is 77.3 Å². The van der Waals surface area contributed by atoms with Gasteiger partial charge in [-0.25, -0.2) is 0 Å². The highest BCUT2D eigenvalue weighted by Crippen LogP contribution is 2.54. The Kier molecular flexibility index (Phi) is 12.8. The van der Waals surface area contributed by atoms with Crippen molar-refractivity contribution in [2.75, 3.05) is 30.4 Å². The first-order chi connectivity index (χ1) is 26.3. The number of esters is 1. The number of ketones is 1. The lowest BCUT2D eigenvalue weighted by molar-refractivity contribution is -0.160. The summed E-state index contributed by atoms with van der Waals surface area (Å²) in [6.45, 7) is 16.4. The van der Waals surface area contributed by atoms with E-state index in [9.17, 15) is 34.8 Å². The number of ether oxygens (including phenoxy) is 4. The lowest BCUT2D eigenvalue weighted by atomic mass is 9.78. The molecule has 2 aromatic carbocycles.